The standard InChI is InChI=1S/C25H23ClN4O4S2/c1-4-34-24(32)21-18(15-8-6-5-7-9-15)13-35-23(21)27-20(31)14-36-25-29-28-22(30(25)2)17-12-16(26)10-11-19(17)33-3/h5-13H,4,14H2,1-3H3,(H,27,31). The van der Waals surface area contributed by atoms with Crippen LogP contribution in [0.25, 0.3) is 22.5 Å². The molecular formula is C25H23ClN4O4S2. The van der Waals surface area contributed by atoms with Gasteiger partial charge in [-0.1, -0.05) is 53.7 Å². The number of aromatic nitrogens is 3. The number of ether oxygens (including phenoxy) is 2. The van der Waals surface area contributed by atoms with E-state index in [0.717, 1.165) is 11.1 Å². The number of esters is 1. The van der Waals surface area contributed by atoms with Crippen LogP contribution in [0.5, 0.6) is 5.75 Å². The normalized spacial score (nSPS) is 10.8. The summed E-state index contributed by atoms with van der Waals surface area (Å²) >= 11 is 8.67. The third-order valence-electron chi connectivity index (χ3n) is 5.18. The number of amides is 1. The lowest BCUT2D eigenvalue weighted by Crippen LogP contribution is -2.16. The molecule has 1 N–H and O–H groups in total. The maximum atomic E-state index is 12.8. The number of carbonyl (C=O) groups excluding carboxylic acids is 2. The largest absolute Gasteiger partial charge is 0.496 e. The molecule has 8 nitrogen and oxygen atoms in total. The van der Waals surface area contributed by atoms with Gasteiger partial charge in [0.2, 0.25) is 5.91 Å². The molecule has 0 aliphatic carbocycles. The molecule has 0 aliphatic rings. The highest BCUT2D eigenvalue weighted by Gasteiger charge is 2.23. The minimum atomic E-state index is -0.478. The van der Waals surface area contributed by atoms with Crippen LogP contribution in [0.1, 0.15) is 17.3 Å². The summed E-state index contributed by atoms with van der Waals surface area (Å²) in [6, 6.07) is 14.8. The molecule has 0 fully saturated rings. The number of anilines is 1. The molecule has 2 aromatic carbocycles. The van der Waals surface area contributed by atoms with Crippen LogP contribution in [0.3, 0.4) is 0 Å². The summed E-state index contributed by atoms with van der Waals surface area (Å²) in [7, 11) is 3.38. The van der Waals surface area contributed by atoms with Gasteiger partial charge >= 0.3 is 5.97 Å². The monoisotopic (exact) mass is 542 g/mol. The predicted molar refractivity (Wildman–Crippen MR) is 143 cm³/mol. The molecule has 0 saturated carbocycles. The van der Waals surface area contributed by atoms with Crippen LogP contribution in [0.2, 0.25) is 5.02 Å². The molecule has 2 heterocycles. The Labute approximate surface area is 221 Å². The summed E-state index contributed by atoms with van der Waals surface area (Å²) in [6.45, 7) is 1.98. The van der Waals surface area contributed by atoms with Crippen molar-refractivity contribution >= 4 is 51.6 Å². The summed E-state index contributed by atoms with van der Waals surface area (Å²) in [6.07, 6.45) is 0. The number of thiophene rings is 1. The Kier molecular flexibility index (Phi) is 8.29. The maximum Gasteiger partial charge on any atom is 0.341 e. The van der Waals surface area contributed by atoms with Crippen molar-refractivity contribution < 1.29 is 19.1 Å². The minimum Gasteiger partial charge on any atom is -0.496 e. The number of halogens is 1. The van der Waals surface area contributed by atoms with Crippen molar-refractivity contribution in [1.29, 1.82) is 0 Å². The van der Waals surface area contributed by atoms with Gasteiger partial charge in [0, 0.05) is 23.0 Å². The molecule has 0 bridgehead atoms. The first-order valence-electron chi connectivity index (χ1n) is 10.9. The molecule has 4 rings (SSSR count). The second-order valence-corrected chi connectivity index (χ2v) is 9.75. The number of nitrogens with one attached hydrogen (secondary N) is 1. The van der Waals surface area contributed by atoms with Crippen molar-refractivity contribution in [1.82, 2.24) is 14.8 Å². The zero-order valence-corrected chi connectivity index (χ0v) is 22.2. The highest BCUT2D eigenvalue weighted by atomic mass is 35.5. The number of carbonyl (C=O) groups is 2. The fourth-order valence-corrected chi connectivity index (χ4v) is 5.37. The number of nitrogens with zero attached hydrogens (tertiary/aromatic N) is 3. The summed E-state index contributed by atoms with van der Waals surface area (Å²) in [5.74, 6) is 0.487. The van der Waals surface area contributed by atoms with Crippen molar-refractivity contribution in [2.24, 2.45) is 7.05 Å². The molecule has 4 aromatic rings. The number of benzene rings is 2. The number of thioether (sulfide) groups is 1. The molecule has 2 aromatic heterocycles. The third-order valence-corrected chi connectivity index (χ3v) is 7.33. The van der Waals surface area contributed by atoms with E-state index < -0.39 is 5.97 Å². The second kappa shape index (κ2) is 11.6. The molecule has 0 aliphatic heterocycles. The zero-order valence-electron chi connectivity index (χ0n) is 19.8. The molecule has 1 amide bonds. The van der Waals surface area contributed by atoms with Crippen LogP contribution in [-0.2, 0) is 16.6 Å². The summed E-state index contributed by atoms with van der Waals surface area (Å²) < 4.78 is 12.4. The Balaban J connectivity index is 1.50. The first kappa shape index (κ1) is 25.7. The summed E-state index contributed by atoms with van der Waals surface area (Å²) in [5.41, 5.74) is 2.63. The molecule has 11 heteroatoms. The highest BCUT2D eigenvalue weighted by Crippen LogP contribution is 2.37. The first-order valence-corrected chi connectivity index (χ1v) is 13.2. The fourth-order valence-electron chi connectivity index (χ4n) is 3.51. The van der Waals surface area contributed by atoms with Gasteiger partial charge in [0.1, 0.15) is 16.3 Å². The van der Waals surface area contributed by atoms with Crippen LogP contribution in [0.15, 0.2) is 59.1 Å². The Morgan fingerprint density at radius 3 is 2.64 bits per heavy atom. The van der Waals surface area contributed by atoms with Gasteiger partial charge in [-0.25, -0.2) is 4.79 Å². The quantitative estimate of drug-likeness (QED) is 0.211. The van der Waals surface area contributed by atoms with Crippen molar-refractivity contribution in [3.05, 3.63) is 64.5 Å². The first-order chi connectivity index (χ1) is 17.4. The van der Waals surface area contributed by atoms with Crippen molar-refractivity contribution in [2.45, 2.75) is 12.1 Å². The van der Waals surface area contributed by atoms with Crippen LogP contribution >= 0.6 is 34.7 Å². The van der Waals surface area contributed by atoms with Gasteiger partial charge in [0.25, 0.3) is 0 Å². The van der Waals surface area contributed by atoms with Crippen molar-refractivity contribution in [3.8, 4) is 28.3 Å². The SMILES string of the molecule is CCOC(=O)c1c(-c2ccccc2)csc1NC(=O)CSc1nnc(-c2cc(Cl)ccc2OC)n1C. The van der Waals surface area contributed by atoms with Gasteiger partial charge in [-0.05, 0) is 30.7 Å². The van der Waals surface area contributed by atoms with Gasteiger partial charge in [0.15, 0.2) is 11.0 Å². The van der Waals surface area contributed by atoms with Crippen molar-refractivity contribution in [2.75, 3.05) is 24.8 Å². The smallest absolute Gasteiger partial charge is 0.341 e. The van der Waals surface area contributed by atoms with Gasteiger partial charge in [-0.2, -0.15) is 0 Å². The van der Waals surface area contributed by atoms with Gasteiger partial charge in [-0.15, -0.1) is 21.5 Å². The number of methoxy groups -OCH3 is 1. The lowest BCUT2D eigenvalue weighted by Gasteiger charge is -2.10. The minimum absolute atomic E-state index is 0.0689. The van der Waals surface area contributed by atoms with Crippen LogP contribution in [-0.4, -0.2) is 46.1 Å². The molecule has 36 heavy (non-hydrogen) atoms. The lowest BCUT2D eigenvalue weighted by molar-refractivity contribution is -0.113. The Morgan fingerprint density at radius 1 is 1.14 bits per heavy atom. The lowest BCUT2D eigenvalue weighted by atomic mass is 10.0. The molecule has 0 radical (unpaired) electrons. The topological polar surface area (TPSA) is 95.3 Å². The van der Waals surface area contributed by atoms with E-state index in [1.54, 1.807) is 43.8 Å². The Morgan fingerprint density at radius 2 is 1.92 bits per heavy atom. The number of hydrogen-bond donors (Lipinski definition) is 1. The Hall–Kier alpha value is -3.34. The number of hydrogen-bond acceptors (Lipinski definition) is 8. The molecule has 0 spiro atoms. The molecule has 0 atom stereocenters. The van der Waals surface area contributed by atoms with E-state index in [4.69, 9.17) is 21.1 Å². The van der Waals surface area contributed by atoms with Crippen molar-refractivity contribution in [3.63, 3.8) is 0 Å². The molecular weight excluding hydrogens is 520 g/mol. The van der Waals surface area contributed by atoms with Gasteiger partial charge < -0.3 is 19.4 Å². The van der Waals surface area contributed by atoms with Crippen LogP contribution in [0.4, 0.5) is 5.00 Å². The van der Waals surface area contributed by atoms with Crippen LogP contribution in [0, 0.1) is 0 Å². The molecule has 0 saturated heterocycles. The van der Waals surface area contributed by atoms with Crippen LogP contribution < -0.4 is 10.1 Å². The fraction of sp³-hybridized carbons (Fsp3) is 0.200. The Bertz CT molecular complexity index is 1390. The third kappa shape index (κ3) is 5.56. The zero-order chi connectivity index (χ0) is 25.7. The summed E-state index contributed by atoms with van der Waals surface area (Å²) in [4.78, 5) is 25.6. The van der Waals surface area contributed by atoms with E-state index in [9.17, 15) is 9.59 Å². The average Bonchev–Trinajstić information content (AvgIpc) is 3.46. The number of rotatable bonds is 9. The van der Waals surface area contributed by atoms with E-state index in [0.29, 0.717) is 37.9 Å². The van der Waals surface area contributed by atoms with E-state index in [1.807, 2.05) is 35.7 Å². The van der Waals surface area contributed by atoms with Gasteiger partial charge in [-0.3, -0.25) is 4.79 Å². The molecule has 0 unspecified atom stereocenters. The highest BCUT2D eigenvalue weighted by molar-refractivity contribution is 7.99. The van der Waals surface area contributed by atoms with E-state index in [1.165, 1.54) is 23.1 Å². The van der Waals surface area contributed by atoms with E-state index >= 15 is 0 Å². The van der Waals surface area contributed by atoms with E-state index in [-0.39, 0.29) is 18.3 Å². The van der Waals surface area contributed by atoms with Gasteiger partial charge in [0.05, 0.1) is 25.0 Å². The van der Waals surface area contributed by atoms with E-state index in [2.05, 4.69) is 15.5 Å². The summed E-state index contributed by atoms with van der Waals surface area (Å²) in [5, 5.41) is 14.7. The second-order valence-electron chi connectivity index (χ2n) is 7.49. The predicted octanol–water partition coefficient (Wildman–Crippen LogP) is 5.78. The molecule has 186 valence electrons. The maximum absolute atomic E-state index is 12.8. The average molecular weight is 543 g/mol.